The predicted molar refractivity (Wildman–Crippen MR) is 121 cm³/mol. The summed E-state index contributed by atoms with van der Waals surface area (Å²) in [5.41, 5.74) is 8.88. The van der Waals surface area contributed by atoms with Crippen molar-refractivity contribution < 1.29 is 0 Å². The summed E-state index contributed by atoms with van der Waals surface area (Å²) in [5, 5.41) is 0. The Morgan fingerprint density at radius 1 is 0.786 bits per heavy atom. The van der Waals surface area contributed by atoms with E-state index in [9.17, 15) is 0 Å². The third kappa shape index (κ3) is 4.44. The highest BCUT2D eigenvalue weighted by Gasteiger charge is 2.14. The zero-order chi connectivity index (χ0) is 19.9. The van der Waals surface area contributed by atoms with E-state index in [1.165, 1.54) is 27.9 Å². The van der Waals surface area contributed by atoms with Gasteiger partial charge in [0.25, 0.3) is 0 Å². The minimum Gasteiger partial charge on any atom is -0.366 e. The van der Waals surface area contributed by atoms with Gasteiger partial charge in [0.05, 0.1) is 17.1 Å². The van der Waals surface area contributed by atoms with Crippen LogP contribution in [-0.4, -0.2) is 11.5 Å². The van der Waals surface area contributed by atoms with Gasteiger partial charge in [0.2, 0.25) is 0 Å². The molecule has 146 valence electrons. The first kappa shape index (κ1) is 20.1. The molecule has 28 heavy (non-hydrogen) atoms. The summed E-state index contributed by atoms with van der Waals surface area (Å²) in [4.78, 5) is 7.52. The van der Waals surface area contributed by atoms with E-state index in [1.807, 2.05) is 0 Å². The van der Waals surface area contributed by atoms with Gasteiger partial charge in [-0.1, -0.05) is 69.3 Å². The van der Waals surface area contributed by atoms with Gasteiger partial charge in [0, 0.05) is 18.7 Å². The number of rotatable bonds is 8. The second kappa shape index (κ2) is 9.54. The van der Waals surface area contributed by atoms with Crippen molar-refractivity contribution in [1.29, 1.82) is 0 Å². The molecule has 1 aromatic heterocycles. The van der Waals surface area contributed by atoms with Crippen molar-refractivity contribution in [3.8, 4) is 11.3 Å². The molecular weight excluding hydrogens is 340 g/mol. The number of hydrogen-bond donors (Lipinski definition) is 0. The highest BCUT2D eigenvalue weighted by atomic mass is 15.1. The van der Waals surface area contributed by atoms with Crippen LogP contribution in [0.1, 0.15) is 49.6 Å². The summed E-state index contributed by atoms with van der Waals surface area (Å²) in [6.07, 6.45) is 3.18. The minimum atomic E-state index is 0.919. The fraction of sp³-hybridized carbons (Fsp3) is 0.346. The maximum absolute atomic E-state index is 5.06. The molecule has 0 unspecified atom stereocenters. The fourth-order valence-electron chi connectivity index (χ4n) is 3.96. The Kier molecular flexibility index (Phi) is 6.86. The molecule has 0 fully saturated rings. The predicted octanol–water partition coefficient (Wildman–Crippen LogP) is 6.60. The lowest BCUT2D eigenvalue weighted by molar-refractivity contribution is 0.762. The molecule has 3 rings (SSSR count). The Morgan fingerprint density at radius 3 is 2.04 bits per heavy atom. The van der Waals surface area contributed by atoms with Gasteiger partial charge in [0.1, 0.15) is 0 Å². The van der Waals surface area contributed by atoms with Crippen LogP contribution in [0.25, 0.3) is 11.3 Å². The molecule has 0 radical (unpaired) electrons. The zero-order valence-electron chi connectivity index (χ0n) is 17.7. The highest BCUT2D eigenvalue weighted by molar-refractivity contribution is 5.70. The minimum absolute atomic E-state index is 0.919. The number of pyridine rings is 1. The van der Waals surface area contributed by atoms with Gasteiger partial charge < -0.3 is 4.90 Å². The average Bonchev–Trinajstić information content (AvgIpc) is 2.73. The van der Waals surface area contributed by atoms with Gasteiger partial charge in [-0.15, -0.1) is 0 Å². The van der Waals surface area contributed by atoms with Crippen LogP contribution in [0.2, 0.25) is 0 Å². The van der Waals surface area contributed by atoms with E-state index in [-0.39, 0.29) is 0 Å². The second-order valence-corrected chi connectivity index (χ2v) is 7.37. The molecule has 3 aromatic rings. The van der Waals surface area contributed by atoms with Crippen LogP contribution in [0.4, 0.5) is 5.69 Å². The van der Waals surface area contributed by atoms with Crippen molar-refractivity contribution in [1.82, 2.24) is 4.98 Å². The van der Waals surface area contributed by atoms with Crippen LogP contribution in [0, 0.1) is 6.92 Å². The van der Waals surface area contributed by atoms with Gasteiger partial charge in [-0.3, -0.25) is 4.98 Å². The standard InChI is InChI=1S/C26H32N2/c1-5-18-28(19-21-12-9-8-10-13-21)25-17-16-24(27-20(25)4)26-22(6-2)14-11-15-23(26)7-3/h8-17H,5-7,18-19H2,1-4H3. The lowest BCUT2D eigenvalue weighted by atomic mass is 9.94. The molecule has 0 aliphatic carbocycles. The van der Waals surface area contributed by atoms with Crippen molar-refractivity contribution in [2.45, 2.75) is 53.5 Å². The normalized spacial score (nSPS) is 10.9. The van der Waals surface area contributed by atoms with Crippen LogP contribution in [0.5, 0.6) is 0 Å². The molecule has 2 nitrogen and oxygen atoms in total. The molecule has 1 heterocycles. The number of aryl methyl sites for hydroxylation is 3. The fourth-order valence-corrected chi connectivity index (χ4v) is 3.96. The van der Waals surface area contributed by atoms with Crippen LogP contribution in [0.3, 0.4) is 0 Å². The Labute approximate surface area is 170 Å². The third-order valence-corrected chi connectivity index (χ3v) is 5.36. The Bertz CT molecular complexity index is 877. The molecule has 0 atom stereocenters. The first-order valence-corrected chi connectivity index (χ1v) is 10.6. The van der Waals surface area contributed by atoms with Gasteiger partial charge in [-0.25, -0.2) is 0 Å². The molecule has 0 saturated heterocycles. The van der Waals surface area contributed by atoms with Gasteiger partial charge in [-0.05, 0) is 55.0 Å². The second-order valence-electron chi connectivity index (χ2n) is 7.37. The number of benzene rings is 2. The van der Waals surface area contributed by atoms with Gasteiger partial charge >= 0.3 is 0 Å². The first-order valence-electron chi connectivity index (χ1n) is 10.6. The summed E-state index contributed by atoms with van der Waals surface area (Å²) in [5.74, 6) is 0. The molecule has 0 aliphatic rings. The summed E-state index contributed by atoms with van der Waals surface area (Å²) in [6, 6.07) is 21.8. The molecule has 0 spiro atoms. The largest absolute Gasteiger partial charge is 0.366 e. The topological polar surface area (TPSA) is 16.1 Å². The molecule has 0 aliphatic heterocycles. The maximum atomic E-state index is 5.06. The molecule has 2 aromatic carbocycles. The Morgan fingerprint density at radius 2 is 1.46 bits per heavy atom. The molecule has 0 bridgehead atoms. The molecule has 0 N–H and O–H groups in total. The van der Waals surface area contributed by atoms with Crippen LogP contribution >= 0.6 is 0 Å². The van der Waals surface area contributed by atoms with E-state index >= 15 is 0 Å². The summed E-state index contributed by atoms with van der Waals surface area (Å²) < 4.78 is 0. The molecular formula is C26H32N2. The van der Waals surface area contributed by atoms with Gasteiger partial charge in [-0.2, -0.15) is 0 Å². The van der Waals surface area contributed by atoms with Crippen molar-refractivity contribution in [2.24, 2.45) is 0 Å². The number of nitrogens with zero attached hydrogens (tertiary/aromatic N) is 2. The molecule has 0 amide bonds. The molecule has 2 heteroatoms. The average molecular weight is 373 g/mol. The van der Waals surface area contributed by atoms with Crippen LogP contribution < -0.4 is 4.90 Å². The van der Waals surface area contributed by atoms with E-state index in [2.05, 4.69) is 93.3 Å². The van der Waals surface area contributed by atoms with E-state index in [0.717, 1.165) is 43.7 Å². The van der Waals surface area contributed by atoms with Gasteiger partial charge in [0.15, 0.2) is 0 Å². The van der Waals surface area contributed by atoms with E-state index in [4.69, 9.17) is 4.98 Å². The SMILES string of the molecule is CCCN(Cc1ccccc1)c1ccc(-c2c(CC)cccc2CC)nc1C. The number of hydrogen-bond acceptors (Lipinski definition) is 2. The van der Waals surface area contributed by atoms with Crippen LogP contribution in [0.15, 0.2) is 60.7 Å². The third-order valence-electron chi connectivity index (χ3n) is 5.36. The van der Waals surface area contributed by atoms with Crippen molar-refractivity contribution in [2.75, 3.05) is 11.4 Å². The summed E-state index contributed by atoms with van der Waals surface area (Å²) >= 11 is 0. The van der Waals surface area contributed by atoms with Crippen molar-refractivity contribution in [3.05, 3.63) is 83.0 Å². The van der Waals surface area contributed by atoms with E-state index < -0.39 is 0 Å². The zero-order valence-corrected chi connectivity index (χ0v) is 17.7. The van der Waals surface area contributed by atoms with Crippen molar-refractivity contribution >= 4 is 5.69 Å². The highest BCUT2D eigenvalue weighted by Crippen LogP contribution is 2.30. The quantitative estimate of drug-likeness (QED) is 0.443. The van der Waals surface area contributed by atoms with E-state index in [0.29, 0.717) is 0 Å². The van der Waals surface area contributed by atoms with Crippen LogP contribution in [-0.2, 0) is 19.4 Å². The maximum Gasteiger partial charge on any atom is 0.0712 e. The first-order chi connectivity index (χ1) is 13.7. The lowest BCUT2D eigenvalue weighted by Crippen LogP contribution is -2.24. The van der Waals surface area contributed by atoms with E-state index in [1.54, 1.807) is 0 Å². The summed E-state index contributed by atoms with van der Waals surface area (Å²) in [7, 11) is 0. The number of aromatic nitrogens is 1. The Balaban J connectivity index is 1.97. The van der Waals surface area contributed by atoms with Crippen molar-refractivity contribution in [3.63, 3.8) is 0 Å². The molecule has 0 saturated carbocycles. The smallest absolute Gasteiger partial charge is 0.0712 e. The lowest BCUT2D eigenvalue weighted by Gasteiger charge is -2.26. The number of anilines is 1. The summed E-state index contributed by atoms with van der Waals surface area (Å²) in [6.45, 7) is 10.8. The monoisotopic (exact) mass is 372 g/mol. The Hall–Kier alpha value is -2.61.